The van der Waals surface area contributed by atoms with E-state index >= 15 is 4.39 Å². The number of nitrogens with zero attached hydrogens (tertiary/aromatic N) is 3. The van der Waals surface area contributed by atoms with Gasteiger partial charge in [0.05, 0.1) is 28.9 Å². The maximum Gasteiger partial charge on any atom is 0.252 e. The standard InChI is InChI=1S/C26H25ClF2N4O3/c1-5-20(34)33-13(2)11-32(12-14(33)3)25-15-9-17(27)21(22-18(28)7-6-8-19(22)36-4)23(29)24(15)31-10-16(25)26(30)35/h5-10,13-14H,1,11-12H2,2-4H3,(H2,30,35)/t13-,14+. The zero-order valence-corrected chi connectivity index (χ0v) is 20.8. The Morgan fingerprint density at radius 3 is 2.47 bits per heavy atom. The van der Waals surface area contributed by atoms with Gasteiger partial charge in [-0.15, -0.1) is 0 Å². The molecule has 0 unspecified atom stereocenters. The van der Waals surface area contributed by atoms with E-state index in [2.05, 4.69) is 11.6 Å². The van der Waals surface area contributed by atoms with E-state index in [0.29, 0.717) is 18.8 Å². The van der Waals surface area contributed by atoms with Gasteiger partial charge < -0.3 is 20.3 Å². The fourth-order valence-corrected chi connectivity index (χ4v) is 5.25. The lowest BCUT2D eigenvalue weighted by molar-refractivity contribution is -0.130. The summed E-state index contributed by atoms with van der Waals surface area (Å²) in [5.41, 5.74) is 5.65. The summed E-state index contributed by atoms with van der Waals surface area (Å²) in [6.07, 6.45) is 2.46. The predicted molar refractivity (Wildman–Crippen MR) is 135 cm³/mol. The minimum atomic E-state index is -0.861. The van der Waals surface area contributed by atoms with Gasteiger partial charge >= 0.3 is 0 Å². The van der Waals surface area contributed by atoms with Crippen molar-refractivity contribution < 1.29 is 23.1 Å². The number of hydrogen-bond donors (Lipinski definition) is 1. The van der Waals surface area contributed by atoms with Gasteiger partial charge in [-0.3, -0.25) is 14.6 Å². The molecular formula is C26H25ClF2N4O3. The summed E-state index contributed by atoms with van der Waals surface area (Å²) in [6.45, 7) is 7.98. The highest BCUT2D eigenvalue weighted by Crippen LogP contribution is 2.43. The zero-order chi connectivity index (χ0) is 26.3. The number of aromatic nitrogens is 1. The van der Waals surface area contributed by atoms with Crippen LogP contribution < -0.4 is 15.4 Å². The molecule has 0 radical (unpaired) electrons. The van der Waals surface area contributed by atoms with Crippen molar-refractivity contribution in [2.45, 2.75) is 25.9 Å². The fourth-order valence-electron chi connectivity index (χ4n) is 4.96. The summed E-state index contributed by atoms with van der Waals surface area (Å²) in [7, 11) is 1.35. The molecule has 188 valence electrons. The van der Waals surface area contributed by atoms with Crippen LogP contribution in [0.25, 0.3) is 22.0 Å². The number of carbonyl (C=O) groups excluding carboxylic acids is 2. The van der Waals surface area contributed by atoms with Crippen LogP contribution in [0.4, 0.5) is 14.5 Å². The van der Waals surface area contributed by atoms with E-state index in [-0.39, 0.29) is 56.4 Å². The van der Waals surface area contributed by atoms with E-state index in [1.807, 2.05) is 18.7 Å². The highest BCUT2D eigenvalue weighted by molar-refractivity contribution is 6.34. The maximum atomic E-state index is 16.0. The van der Waals surface area contributed by atoms with E-state index in [9.17, 15) is 14.0 Å². The van der Waals surface area contributed by atoms with Crippen molar-refractivity contribution in [1.29, 1.82) is 0 Å². The molecule has 2 N–H and O–H groups in total. The zero-order valence-electron chi connectivity index (χ0n) is 20.0. The Morgan fingerprint density at radius 1 is 1.22 bits per heavy atom. The molecule has 1 aliphatic rings. The second-order valence-corrected chi connectivity index (χ2v) is 9.11. The molecule has 0 spiro atoms. The van der Waals surface area contributed by atoms with Crippen LogP contribution in [0.1, 0.15) is 24.2 Å². The first-order valence-electron chi connectivity index (χ1n) is 11.2. The van der Waals surface area contributed by atoms with Crippen LogP contribution in [0.15, 0.2) is 43.1 Å². The van der Waals surface area contributed by atoms with Gasteiger partial charge in [-0.2, -0.15) is 0 Å². The maximum absolute atomic E-state index is 16.0. The third-order valence-electron chi connectivity index (χ3n) is 6.40. The number of pyridine rings is 1. The second-order valence-electron chi connectivity index (χ2n) is 8.70. The van der Waals surface area contributed by atoms with Crippen LogP contribution in [-0.2, 0) is 4.79 Å². The van der Waals surface area contributed by atoms with Crippen LogP contribution in [0.5, 0.6) is 5.75 Å². The van der Waals surface area contributed by atoms with Crippen molar-refractivity contribution in [2.24, 2.45) is 5.73 Å². The lowest BCUT2D eigenvalue weighted by Crippen LogP contribution is -2.58. The number of methoxy groups -OCH3 is 1. The normalized spacial score (nSPS) is 17.8. The van der Waals surface area contributed by atoms with Crippen LogP contribution in [0, 0.1) is 11.6 Å². The lowest BCUT2D eigenvalue weighted by atomic mass is 9.97. The number of benzene rings is 2. The number of halogens is 3. The quantitative estimate of drug-likeness (QED) is 0.504. The summed E-state index contributed by atoms with van der Waals surface area (Å²) in [5, 5.41) is 0.158. The number of anilines is 1. The first-order valence-corrected chi connectivity index (χ1v) is 11.6. The van der Waals surface area contributed by atoms with Crippen molar-refractivity contribution in [3.8, 4) is 16.9 Å². The average molecular weight is 515 g/mol. The van der Waals surface area contributed by atoms with Gasteiger partial charge in [0.1, 0.15) is 17.1 Å². The molecule has 36 heavy (non-hydrogen) atoms. The minimum Gasteiger partial charge on any atom is -0.496 e. The number of hydrogen-bond acceptors (Lipinski definition) is 5. The summed E-state index contributed by atoms with van der Waals surface area (Å²) in [4.78, 5) is 32.4. The van der Waals surface area contributed by atoms with Gasteiger partial charge in [0.25, 0.3) is 5.91 Å². The highest BCUT2D eigenvalue weighted by atomic mass is 35.5. The number of primary amides is 1. The molecular weight excluding hydrogens is 490 g/mol. The molecule has 2 heterocycles. The largest absolute Gasteiger partial charge is 0.496 e. The molecule has 10 heteroatoms. The van der Waals surface area contributed by atoms with E-state index in [1.165, 1.54) is 43.6 Å². The molecule has 3 aromatic rings. The first-order chi connectivity index (χ1) is 17.1. The van der Waals surface area contributed by atoms with Crippen LogP contribution >= 0.6 is 11.6 Å². The molecule has 1 saturated heterocycles. The average Bonchev–Trinajstić information content (AvgIpc) is 2.83. The Hall–Kier alpha value is -3.72. The molecule has 7 nitrogen and oxygen atoms in total. The van der Waals surface area contributed by atoms with Crippen LogP contribution in [-0.4, -0.2) is 54.0 Å². The molecule has 2 aromatic carbocycles. The van der Waals surface area contributed by atoms with Crippen molar-refractivity contribution in [2.75, 3.05) is 25.1 Å². The highest BCUT2D eigenvalue weighted by Gasteiger charge is 2.34. The molecule has 2 amide bonds. The second kappa shape index (κ2) is 9.73. The van der Waals surface area contributed by atoms with Gasteiger partial charge in [0.15, 0.2) is 5.82 Å². The third kappa shape index (κ3) is 4.13. The molecule has 0 bridgehead atoms. The molecule has 1 fully saturated rings. The summed E-state index contributed by atoms with van der Waals surface area (Å²) < 4.78 is 36.0. The van der Waals surface area contributed by atoms with E-state index in [0.717, 1.165) is 0 Å². The smallest absolute Gasteiger partial charge is 0.252 e. The van der Waals surface area contributed by atoms with Crippen molar-refractivity contribution in [1.82, 2.24) is 9.88 Å². The topological polar surface area (TPSA) is 88.8 Å². The van der Waals surface area contributed by atoms with Crippen molar-refractivity contribution in [3.63, 3.8) is 0 Å². The van der Waals surface area contributed by atoms with Crippen molar-refractivity contribution in [3.05, 3.63) is 65.3 Å². The third-order valence-corrected chi connectivity index (χ3v) is 6.70. The minimum absolute atomic E-state index is 0.0806. The van der Waals surface area contributed by atoms with Gasteiger partial charge in [-0.05, 0) is 38.1 Å². The Morgan fingerprint density at radius 2 is 1.89 bits per heavy atom. The predicted octanol–water partition coefficient (Wildman–Crippen LogP) is 4.55. The molecule has 4 rings (SSSR count). The number of nitrogens with two attached hydrogens (primary N) is 1. The summed E-state index contributed by atoms with van der Waals surface area (Å²) >= 11 is 6.54. The molecule has 1 aliphatic heterocycles. The van der Waals surface area contributed by atoms with Gasteiger partial charge in [-0.25, -0.2) is 8.78 Å². The van der Waals surface area contributed by atoms with E-state index in [1.54, 1.807) is 4.90 Å². The van der Waals surface area contributed by atoms with E-state index < -0.39 is 17.5 Å². The number of amides is 2. The Kier molecular flexibility index (Phi) is 6.86. The first kappa shape index (κ1) is 25.4. The summed E-state index contributed by atoms with van der Waals surface area (Å²) in [6, 6.07) is 5.09. The Bertz CT molecular complexity index is 1390. The Labute approximate surface area is 212 Å². The molecule has 2 atom stereocenters. The van der Waals surface area contributed by atoms with Gasteiger partial charge in [0.2, 0.25) is 5.91 Å². The number of rotatable bonds is 5. The number of carbonyl (C=O) groups is 2. The lowest BCUT2D eigenvalue weighted by Gasteiger charge is -2.45. The molecule has 0 saturated carbocycles. The van der Waals surface area contributed by atoms with Crippen LogP contribution in [0.3, 0.4) is 0 Å². The SMILES string of the molecule is C=CC(=O)N1[C@H](C)CN(c2c(C(N)=O)cnc3c(F)c(-c4c(F)cccc4OC)c(Cl)cc23)C[C@@H]1C. The number of piperazine rings is 1. The van der Waals surface area contributed by atoms with Gasteiger partial charge in [0, 0.05) is 42.3 Å². The molecule has 0 aliphatic carbocycles. The Balaban J connectivity index is 1.95. The van der Waals surface area contributed by atoms with Crippen LogP contribution in [0.2, 0.25) is 5.02 Å². The van der Waals surface area contributed by atoms with E-state index in [4.69, 9.17) is 22.1 Å². The monoisotopic (exact) mass is 514 g/mol. The van der Waals surface area contributed by atoms with Gasteiger partial charge in [-0.1, -0.05) is 24.2 Å². The van der Waals surface area contributed by atoms with Crippen molar-refractivity contribution >= 4 is 40.0 Å². The fraction of sp³-hybridized carbons (Fsp3) is 0.269. The molecule has 1 aromatic heterocycles. The number of ether oxygens (including phenoxy) is 1. The number of fused-ring (bicyclic) bond motifs is 1. The summed E-state index contributed by atoms with van der Waals surface area (Å²) in [5.74, 6) is -2.42.